The number of hydrogen-bond acceptors (Lipinski definition) is 9. The molecule has 0 bridgehead atoms. The van der Waals surface area contributed by atoms with E-state index in [1.165, 1.54) is 6.42 Å². The maximum absolute atomic E-state index is 13.3. The van der Waals surface area contributed by atoms with Crippen molar-refractivity contribution in [2.45, 2.75) is 63.5 Å². The number of fused-ring (bicyclic) bond motifs is 1. The highest BCUT2D eigenvalue weighted by atomic mass is 16.5. The molecule has 0 radical (unpaired) electrons. The summed E-state index contributed by atoms with van der Waals surface area (Å²) in [5, 5.41) is 24.3. The van der Waals surface area contributed by atoms with Crippen LogP contribution in [0, 0.1) is 0 Å². The molecular weight excluding hydrogens is 548 g/mol. The van der Waals surface area contributed by atoms with Crippen LogP contribution in [0.2, 0.25) is 0 Å². The fourth-order valence-corrected chi connectivity index (χ4v) is 5.80. The highest BCUT2D eigenvalue weighted by Crippen LogP contribution is 2.39. The number of phenols is 1. The number of azo groups is 1. The predicted molar refractivity (Wildman–Crippen MR) is 166 cm³/mol. The van der Waals surface area contributed by atoms with E-state index in [9.17, 15) is 14.7 Å². The molecule has 1 atom stereocenters. The molecule has 4 rings (SSSR count). The van der Waals surface area contributed by atoms with Crippen LogP contribution in [0.3, 0.4) is 0 Å². The molecule has 1 heterocycles. The molecular formula is C32H46N6O5. The minimum atomic E-state index is -0.279. The zero-order valence-electron chi connectivity index (χ0n) is 25.2. The molecule has 2 amide bonds. The number of amides is 2. The number of nitrogens with two attached hydrogens (primary N) is 1. The summed E-state index contributed by atoms with van der Waals surface area (Å²) in [5.74, 6) is 0.382. The van der Waals surface area contributed by atoms with Gasteiger partial charge in [-0.15, -0.1) is 0 Å². The van der Waals surface area contributed by atoms with Crippen LogP contribution < -0.4 is 21.1 Å². The smallest absolute Gasteiger partial charge is 0.262 e. The highest BCUT2D eigenvalue weighted by Gasteiger charge is 2.25. The van der Waals surface area contributed by atoms with Crippen LogP contribution in [0.25, 0.3) is 0 Å². The summed E-state index contributed by atoms with van der Waals surface area (Å²) < 4.78 is 11.5. The molecule has 2 aromatic carbocycles. The molecule has 11 heteroatoms. The Morgan fingerprint density at radius 3 is 2.81 bits per heavy atom. The molecule has 2 aliphatic rings. The van der Waals surface area contributed by atoms with Crippen molar-refractivity contribution >= 4 is 17.5 Å². The van der Waals surface area contributed by atoms with E-state index in [0.717, 1.165) is 48.8 Å². The third-order valence-corrected chi connectivity index (χ3v) is 8.07. The lowest BCUT2D eigenvalue weighted by Gasteiger charge is -2.34. The topological polar surface area (TPSA) is 151 Å². The van der Waals surface area contributed by atoms with Gasteiger partial charge in [-0.05, 0) is 55.0 Å². The minimum absolute atomic E-state index is 0.00406. The predicted octanol–water partition coefficient (Wildman–Crippen LogP) is 3.75. The molecule has 2 aromatic rings. The molecule has 0 aromatic heterocycles. The van der Waals surface area contributed by atoms with Crippen LogP contribution in [0.1, 0.15) is 61.3 Å². The van der Waals surface area contributed by atoms with Crippen LogP contribution in [0.5, 0.6) is 11.5 Å². The van der Waals surface area contributed by atoms with Gasteiger partial charge in [0.15, 0.2) is 12.4 Å². The van der Waals surface area contributed by atoms with Gasteiger partial charge in [-0.1, -0.05) is 49.6 Å². The number of nitrogens with one attached hydrogen (secondary N) is 2. The zero-order chi connectivity index (χ0) is 30.4. The van der Waals surface area contributed by atoms with E-state index < -0.39 is 0 Å². The number of carbonyl (C=O) groups is 2. The molecule has 1 fully saturated rings. The number of anilines is 1. The maximum Gasteiger partial charge on any atom is 0.262 e. The van der Waals surface area contributed by atoms with Crippen LogP contribution >= 0.6 is 0 Å². The Hall–Kier alpha value is -3.54. The van der Waals surface area contributed by atoms with Gasteiger partial charge >= 0.3 is 0 Å². The zero-order valence-corrected chi connectivity index (χ0v) is 25.2. The van der Waals surface area contributed by atoms with Crippen LogP contribution in [0.4, 0.5) is 5.69 Å². The lowest BCUT2D eigenvalue weighted by atomic mass is 9.94. The fourth-order valence-electron chi connectivity index (χ4n) is 5.80. The molecule has 5 N–H and O–H groups in total. The summed E-state index contributed by atoms with van der Waals surface area (Å²) in [5.41, 5.74) is 9.28. The van der Waals surface area contributed by atoms with Gasteiger partial charge in [0.2, 0.25) is 5.91 Å². The number of hydrogen-bond donors (Lipinski definition) is 4. The van der Waals surface area contributed by atoms with Gasteiger partial charge < -0.3 is 35.8 Å². The van der Waals surface area contributed by atoms with Gasteiger partial charge in [0, 0.05) is 32.7 Å². The van der Waals surface area contributed by atoms with Gasteiger partial charge in [0.1, 0.15) is 17.5 Å². The summed E-state index contributed by atoms with van der Waals surface area (Å²) in [6.07, 6.45) is 7.43. The highest BCUT2D eigenvalue weighted by molar-refractivity contribution is 5.97. The van der Waals surface area contributed by atoms with Crippen molar-refractivity contribution in [3.05, 3.63) is 53.1 Å². The molecule has 0 saturated heterocycles. The van der Waals surface area contributed by atoms with E-state index in [2.05, 4.69) is 37.9 Å². The van der Waals surface area contributed by atoms with Gasteiger partial charge in [-0.25, -0.2) is 0 Å². The molecule has 1 aliphatic heterocycles. The number of ether oxygens (including phenoxy) is 2. The van der Waals surface area contributed by atoms with Crippen molar-refractivity contribution < 1.29 is 24.2 Å². The molecule has 1 unspecified atom stereocenters. The van der Waals surface area contributed by atoms with Crippen LogP contribution in [0.15, 0.2) is 46.6 Å². The Balaban J connectivity index is 1.21. The number of carbonyl (C=O) groups excluding carboxylic acids is 2. The van der Waals surface area contributed by atoms with Crippen molar-refractivity contribution in [3.63, 3.8) is 0 Å². The fraction of sp³-hybridized carbons (Fsp3) is 0.562. The van der Waals surface area contributed by atoms with E-state index in [4.69, 9.17) is 15.2 Å². The minimum Gasteiger partial charge on any atom is -0.506 e. The Bertz CT molecular complexity index is 1230. The summed E-state index contributed by atoms with van der Waals surface area (Å²) >= 11 is 0. The molecule has 1 aliphatic carbocycles. The average molecular weight is 595 g/mol. The third-order valence-electron chi connectivity index (χ3n) is 8.07. The first-order valence-electron chi connectivity index (χ1n) is 15.4. The summed E-state index contributed by atoms with van der Waals surface area (Å²) in [6, 6.07) is 11.7. The van der Waals surface area contributed by atoms with E-state index in [1.807, 2.05) is 18.2 Å². The number of nitrogens with zero attached hydrogens (tertiary/aromatic N) is 3. The van der Waals surface area contributed by atoms with Crippen LogP contribution in [-0.4, -0.2) is 80.9 Å². The van der Waals surface area contributed by atoms with Crippen molar-refractivity contribution in [2.24, 2.45) is 16.0 Å². The van der Waals surface area contributed by atoms with E-state index in [0.29, 0.717) is 63.7 Å². The van der Waals surface area contributed by atoms with E-state index >= 15 is 0 Å². The standard InChI is InChI=1S/C32H46N6O5/c1-34-37-27(21-33)25-7-5-6-23(20-25)13-18-42-19-14-30(41)38(26-8-3-2-4-9-26)17-16-35-15-12-24-10-11-28(39)31-32(24)43-22-29(40)36-31/h5-7,10-11,20,26-27,35,39H,2-4,8-9,12-19,21-22,33H2,1H3,(H,36,40)/b37-34-. The number of aromatic hydroxyl groups is 1. The quantitative estimate of drug-likeness (QED) is 0.131. The lowest BCUT2D eigenvalue weighted by Crippen LogP contribution is -2.45. The number of rotatable bonds is 16. The maximum atomic E-state index is 13.3. The summed E-state index contributed by atoms with van der Waals surface area (Å²) in [7, 11) is 1.65. The Morgan fingerprint density at radius 1 is 1.19 bits per heavy atom. The Labute approximate surface area is 254 Å². The summed E-state index contributed by atoms with van der Waals surface area (Å²) in [4.78, 5) is 27.0. The third kappa shape index (κ3) is 9.47. The summed E-state index contributed by atoms with van der Waals surface area (Å²) in [6.45, 7) is 3.29. The van der Waals surface area contributed by atoms with Crippen molar-refractivity contribution in [3.8, 4) is 11.5 Å². The van der Waals surface area contributed by atoms with Crippen molar-refractivity contribution in [1.29, 1.82) is 0 Å². The largest absolute Gasteiger partial charge is 0.506 e. The first kappa shape index (κ1) is 32.4. The number of phenolic OH excluding ortho intramolecular Hbond substituents is 1. The second-order valence-corrected chi connectivity index (χ2v) is 11.1. The SMILES string of the molecule is C/N=N\C(CN)c1cccc(CCOCCC(=O)N(CCNCCc2ccc(O)c3c2OCC(=O)N3)C2CCCCC2)c1. The molecule has 0 spiro atoms. The van der Waals surface area contributed by atoms with Gasteiger partial charge in [0.05, 0.1) is 19.6 Å². The molecule has 1 saturated carbocycles. The lowest BCUT2D eigenvalue weighted by molar-refractivity contribution is -0.135. The van der Waals surface area contributed by atoms with Crippen molar-refractivity contribution in [1.82, 2.24) is 10.2 Å². The normalized spacial score (nSPS) is 16.0. The second kappa shape index (κ2) is 16.9. The average Bonchev–Trinajstić information content (AvgIpc) is 3.03. The van der Waals surface area contributed by atoms with E-state index in [-0.39, 0.29) is 36.3 Å². The van der Waals surface area contributed by atoms with Gasteiger partial charge in [-0.3, -0.25) is 9.59 Å². The molecule has 234 valence electrons. The van der Waals surface area contributed by atoms with E-state index in [1.54, 1.807) is 13.1 Å². The van der Waals surface area contributed by atoms with Crippen LogP contribution in [-0.2, 0) is 27.2 Å². The van der Waals surface area contributed by atoms with Crippen molar-refractivity contribution in [2.75, 3.05) is 58.4 Å². The van der Waals surface area contributed by atoms with Gasteiger partial charge in [-0.2, -0.15) is 10.2 Å². The Morgan fingerprint density at radius 2 is 2.02 bits per heavy atom. The monoisotopic (exact) mass is 594 g/mol. The van der Waals surface area contributed by atoms with Gasteiger partial charge in [0.25, 0.3) is 5.91 Å². The Kier molecular flexibility index (Phi) is 12.7. The molecule has 11 nitrogen and oxygen atoms in total. The number of benzene rings is 2. The second-order valence-electron chi connectivity index (χ2n) is 11.1. The molecule has 43 heavy (non-hydrogen) atoms. The first-order valence-corrected chi connectivity index (χ1v) is 15.4. The first-order chi connectivity index (χ1) is 21.0.